The summed E-state index contributed by atoms with van der Waals surface area (Å²) in [5, 5.41) is 12.2. The van der Waals surface area contributed by atoms with E-state index in [1.807, 2.05) is 0 Å². The maximum absolute atomic E-state index is 12.6. The minimum atomic E-state index is -1.13. The Kier molecular flexibility index (Phi) is 2.21. The third-order valence-electron chi connectivity index (χ3n) is 1.91. The molecule has 0 aliphatic carbocycles. The highest BCUT2D eigenvalue weighted by Crippen LogP contribution is 2.23. The first kappa shape index (κ1) is 9.39. The summed E-state index contributed by atoms with van der Waals surface area (Å²) in [5.41, 5.74) is 0.438. The fraction of sp³-hybridized carbons (Fsp3) is 0. The number of aromatic carboxylic acids is 1. The molecule has 0 radical (unpaired) electrons. The van der Waals surface area contributed by atoms with Gasteiger partial charge in [-0.05, 0) is 24.3 Å². The van der Waals surface area contributed by atoms with Gasteiger partial charge in [0, 0.05) is 5.56 Å². The third-order valence-corrected chi connectivity index (χ3v) is 1.91. The fourth-order valence-electron chi connectivity index (χ4n) is 1.20. The zero-order valence-corrected chi connectivity index (χ0v) is 7.48. The zero-order chi connectivity index (χ0) is 10.8. The molecule has 15 heavy (non-hydrogen) atoms. The van der Waals surface area contributed by atoms with Gasteiger partial charge in [-0.25, -0.2) is 9.18 Å². The van der Waals surface area contributed by atoms with Crippen molar-refractivity contribution in [2.45, 2.75) is 0 Å². The summed E-state index contributed by atoms with van der Waals surface area (Å²) >= 11 is 0. The molecule has 2 aromatic rings. The maximum Gasteiger partial charge on any atom is 0.341 e. The molecule has 0 bridgehead atoms. The van der Waals surface area contributed by atoms with Gasteiger partial charge in [-0.3, -0.25) is 0 Å². The molecule has 0 spiro atoms. The van der Waals surface area contributed by atoms with Gasteiger partial charge in [-0.15, -0.1) is 0 Å². The Bertz CT molecular complexity index is 490. The Hall–Kier alpha value is -2.17. The van der Waals surface area contributed by atoms with Crippen molar-refractivity contribution in [3.8, 4) is 11.3 Å². The fourth-order valence-corrected chi connectivity index (χ4v) is 1.20. The van der Waals surface area contributed by atoms with Crippen molar-refractivity contribution in [2.75, 3.05) is 0 Å². The normalized spacial score (nSPS) is 10.2. The minimum Gasteiger partial charge on any atom is -0.477 e. The number of aromatic nitrogens is 1. The molecule has 76 valence electrons. The van der Waals surface area contributed by atoms with Crippen LogP contribution in [0.15, 0.2) is 35.0 Å². The van der Waals surface area contributed by atoms with Crippen LogP contribution in [0.25, 0.3) is 11.3 Å². The van der Waals surface area contributed by atoms with Gasteiger partial charge < -0.3 is 9.63 Å². The van der Waals surface area contributed by atoms with Crippen LogP contribution in [-0.2, 0) is 0 Å². The first-order chi connectivity index (χ1) is 7.18. The summed E-state index contributed by atoms with van der Waals surface area (Å²) in [5.74, 6) is -1.40. The van der Waals surface area contributed by atoms with Gasteiger partial charge in [0.15, 0.2) is 5.76 Å². The second-order valence-electron chi connectivity index (χ2n) is 2.88. The van der Waals surface area contributed by atoms with E-state index in [-0.39, 0.29) is 11.3 Å². The lowest BCUT2D eigenvalue weighted by molar-refractivity contribution is 0.0697. The first-order valence-electron chi connectivity index (χ1n) is 4.12. The van der Waals surface area contributed by atoms with Crippen LogP contribution in [0.5, 0.6) is 0 Å². The van der Waals surface area contributed by atoms with E-state index in [0.29, 0.717) is 5.56 Å². The van der Waals surface area contributed by atoms with E-state index in [4.69, 9.17) is 9.63 Å². The van der Waals surface area contributed by atoms with Crippen LogP contribution < -0.4 is 0 Å². The summed E-state index contributed by atoms with van der Waals surface area (Å²) in [4.78, 5) is 10.7. The molecule has 0 fully saturated rings. The summed E-state index contributed by atoms with van der Waals surface area (Å²) in [6, 6.07) is 5.32. The predicted molar refractivity (Wildman–Crippen MR) is 48.9 cm³/mol. The van der Waals surface area contributed by atoms with Gasteiger partial charge in [0.2, 0.25) is 0 Å². The monoisotopic (exact) mass is 207 g/mol. The number of nitrogens with zero attached hydrogens (tertiary/aromatic N) is 1. The molecule has 0 saturated heterocycles. The number of hydrogen-bond donors (Lipinski definition) is 1. The highest BCUT2D eigenvalue weighted by atomic mass is 19.1. The molecule has 0 aliphatic rings. The molecule has 1 aromatic heterocycles. The largest absolute Gasteiger partial charge is 0.477 e. The summed E-state index contributed by atoms with van der Waals surface area (Å²) in [6.45, 7) is 0. The van der Waals surface area contributed by atoms with Gasteiger partial charge in [0.05, 0.1) is 6.20 Å². The topological polar surface area (TPSA) is 63.3 Å². The molecule has 0 saturated carbocycles. The lowest BCUT2D eigenvalue weighted by Gasteiger charge is -1.96. The number of hydrogen-bond acceptors (Lipinski definition) is 3. The molecule has 2 rings (SSSR count). The number of carboxylic acids is 1. The number of rotatable bonds is 2. The van der Waals surface area contributed by atoms with Crippen LogP contribution >= 0.6 is 0 Å². The lowest BCUT2D eigenvalue weighted by Crippen LogP contribution is -1.95. The quantitative estimate of drug-likeness (QED) is 0.819. The Balaban J connectivity index is 2.49. The summed E-state index contributed by atoms with van der Waals surface area (Å²) in [7, 11) is 0. The Morgan fingerprint density at radius 3 is 2.60 bits per heavy atom. The van der Waals surface area contributed by atoms with E-state index in [1.54, 1.807) is 0 Å². The molecular weight excluding hydrogens is 201 g/mol. The second kappa shape index (κ2) is 3.53. The van der Waals surface area contributed by atoms with E-state index in [1.165, 1.54) is 24.3 Å². The van der Waals surface area contributed by atoms with Crippen LogP contribution in [0.2, 0.25) is 0 Å². The SMILES string of the molecule is O=C(O)c1cnoc1-c1ccc(F)cc1. The van der Waals surface area contributed by atoms with Crippen molar-refractivity contribution in [1.29, 1.82) is 0 Å². The number of benzene rings is 1. The van der Waals surface area contributed by atoms with Gasteiger partial charge in [-0.2, -0.15) is 0 Å². The molecule has 4 nitrogen and oxygen atoms in total. The molecular formula is C10H6FNO3. The zero-order valence-electron chi connectivity index (χ0n) is 7.48. The Labute approximate surface area is 83.9 Å². The van der Waals surface area contributed by atoms with Crippen molar-refractivity contribution in [3.63, 3.8) is 0 Å². The van der Waals surface area contributed by atoms with E-state index in [9.17, 15) is 9.18 Å². The van der Waals surface area contributed by atoms with Crippen LogP contribution in [0.4, 0.5) is 4.39 Å². The smallest absolute Gasteiger partial charge is 0.341 e. The van der Waals surface area contributed by atoms with Gasteiger partial charge in [-0.1, -0.05) is 5.16 Å². The summed E-state index contributed by atoms with van der Waals surface area (Å²) < 4.78 is 17.4. The van der Waals surface area contributed by atoms with Crippen LogP contribution in [0.3, 0.4) is 0 Å². The molecule has 1 N–H and O–H groups in total. The average Bonchev–Trinajstić information content (AvgIpc) is 2.67. The number of carboxylic acid groups (broad SMARTS) is 1. The first-order valence-corrected chi connectivity index (χ1v) is 4.12. The van der Waals surface area contributed by atoms with Crippen molar-refractivity contribution in [3.05, 3.63) is 41.8 Å². The molecule has 0 aliphatic heterocycles. The van der Waals surface area contributed by atoms with Gasteiger partial charge >= 0.3 is 5.97 Å². The van der Waals surface area contributed by atoms with E-state index in [2.05, 4.69) is 5.16 Å². The third kappa shape index (κ3) is 1.71. The molecule has 1 aromatic carbocycles. The van der Waals surface area contributed by atoms with Crippen LogP contribution in [0.1, 0.15) is 10.4 Å². The van der Waals surface area contributed by atoms with Crippen molar-refractivity contribution >= 4 is 5.97 Å². The number of halogens is 1. The molecule has 0 unspecified atom stereocenters. The van der Waals surface area contributed by atoms with Crippen LogP contribution in [0, 0.1) is 5.82 Å². The minimum absolute atomic E-state index is 0.0402. The highest BCUT2D eigenvalue weighted by Gasteiger charge is 2.16. The Morgan fingerprint density at radius 2 is 2.00 bits per heavy atom. The molecule has 1 heterocycles. The number of carbonyl (C=O) groups is 1. The second-order valence-corrected chi connectivity index (χ2v) is 2.88. The van der Waals surface area contributed by atoms with Crippen molar-refractivity contribution < 1.29 is 18.8 Å². The molecule has 0 amide bonds. The Morgan fingerprint density at radius 1 is 1.33 bits per heavy atom. The highest BCUT2D eigenvalue weighted by molar-refractivity contribution is 5.93. The van der Waals surface area contributed by atoms with E-state index < -0.39 is 11.8 Å². The van der Waals surface area contributed by atoms with Crippen molar-refractivity contribution in [2.24, 2.45) is 0 Å². The van der Waals surface area contributed by atoms with E-state index >= 15 is 0 Å². The van der Waals surface area contributed by atoms with E-state index in [0.717, 1.165) is 6.20 Å². The molecule has 0 atom stereocenters. The lowest BCUT2D eigenvalue weighted by atomic mass is 10.1. The van der Waals surface area contributed by atoms with Gasteiger partial charge in [0.1, 0.15) is 11.4 Å². The molecule has 5 heteroatoms. The maximum atomic E-state index is 12.6. The van der Waals surface area contributed by atoms with Crippen LogP contribution in [-0.4, -0.2) is 16.2 Å². The predicted octanol–water partition coefficient (Wildman–Crippen LogP) is 2.18. The standard InChI is InChI=1S/C10H6FNO3/c11-7-3-1-6(2-4-7)9-8(10(13)14)5-12-15-9/h1-5H,(H,13,14). The summed E-state index contributed by atoms with van der Waals surface area (Å²) in [6.07, 6.45) is 1.11. The average molecular weight is 207 g/mol. The van der Waals surface area contributed by atoms with Crippen molar-refractivity contribution in [1.82, 2.24) is 5.16 Å². The van der Waals surface area contributed by atoms with Gasteiger partial charge in [0.25, 0.3) is 0 Å².